The van der Waals surface area contributed by atoms with E-state index in [1.165, 1.54) is 7.11 Å². The molecule has 0 amide bonds. The number of sulfonamides is 1. The van der Waals surface area contributed by atoms with Gasteiger partial charge in [0.25, 0.3) is 0 Å². The summed E-state index contributed by atoms with van der Waals surface area (Å²) >= 11 is 0. The molecule has 1 saturated heterocycles. The zero-order valence-electron chi connectivity index (χ0n) is 19.9. The van der Waals surface area contributed by atoms with Crippen LogP contribution in [0, 0.1) is 0 Å². The summed E-state index contributed by atoms with van der Waals surface area (Å²) in [4.78, 5) is 19.5. The Morgan fingerprint density at radius 2 is 1.75 bits per heavy atom. The fraction of sp³-hybridized carbons (Fsp3) is 0.259. The van der Waals surface area contributed by atoms with Gasteiger partial charge in [0.2, 0.25) is 10.0 Å². The van der Waals surface area contributed by atoms with Gasteiger partial charge in [-0.05, 0) is 65.9 Å². The van der Waals surface area contributed by atoms with E-state index in [4.69, 9.17) is 9.47 Å². The molecule has 1 fully saturated rings. The Balaban J connectivity index is 1.32. The fourth-order valence-electron chi connectivity index (χ4n) is 4.40. The van der Waals surface area contributed by atoms with Crippen molar-refractivity contribution in [3.05, 3.63) is 78.1 Å². The van der Waals surface area contributed by atoms with E-state index in [-0.39, 0.29) is 12.4 Å². The Morgan fingerprint density at radius 1 is 1.03 bits per heavy atom. The summed E-state index contributed by atoms with van der Waals surface area (Å²) in [6.45, 7) is 1.49. The van der Waals surface area contributed by atoms with Crippen LogP contribution >= 0.6 is 0 Å². The molecule has 36 heavy (non-hydrogen) atoms. The Kier molecular flexibility index (Phi) is 6.75. The summed E-state index contributed by atoms with van der Waals surface area (Å²) in [5, 5.41) is 0.930. The summed E-state index contributed by atoms with van der Waals surface area (Å²) in [5.74, 6) is 0.401. The lowest BCUT2D eigenvalue weighted by molar-refractivity contribution is -0.139. The molecule has 8 nitrogen and oxygen atoms in total. The number of ether oxygens (including phenoxy) is 2. The Hall–Kier alpha value is -3.69. The first kappa shape index (κ1) is 24.0. The number of fused-ring (bicyclic) bond motifs is 1. The number of nitrogens with one attached hydrogen (secondary N) is 1. The van der Waals surface area contributed by atoms with E-state index in [0.29, 0.717) is 30.3 Å². The van der Waals surface area contributed by atoms with Gasteiger partial charge < -0.3 is 14.5 Å². The largest absolute Gasteiger partial charge is 0.487 e. The molecule has 1 aliphatic rings. The van der Waals surface area contributed by atoms with Crippen LogP contribution in [0.3, 0.4) is 0 Å². The molecule has 0 atom stereocenters. The third-order valence-corrected chi connectivity index (χ3v) is 8.26. The topological polar surface area (TPSA) is 102 Å². The van der Waals surface area contributed by atoms with Crippen molar-refractivity contribution >= 4 is 27.0 Å². The normalized spacial score (nSPS) is 14.2. The van der Waals surface area contributed by atoms with Crippen molar-refractivity contribution in [1.82, 2.24) is 14.3 Å². The number of hydrogen-bond acceptors (Lipinski definition) is 6. The second kappa shape index (κ2) is 10.1. The number of methoxy groups -OCH3 is 1. The second-order valence-electron chi connectivity index (χ2n) is 8.74. The van der Waals surface area contributed by atoms with E-state index < -0.39 is 10.0 Å². The first-order valence-corrected chi connectivity index (χ1v) is 13.2. The number of carbonyl (C=O) groups excluding carboxylic acids is 1. The third kappa shape index (κ3) is 4.98. The molecule has 1 N–H and O–H groups in total. The molecule has 0 aliphatic carbocycles. The van der Waals surface area contributed by atoms with Crippen LogP contribution in [0.1, 0.15) is 24.1 Å². The van der Waals surface area contributed by atoms with E-state index >= 15 is 0 Å². The van der Waals surface area contributed by atoms with Gasteiger partial charge in [0.15, 0.2) is 0 Å². The van der Waals surface area contributed by atoms with Crippen LogP contribution in [0.25, 0.3) is 22.2 Å². The van der Waals surface area contributed by atoms with Crippen molar-refractivity contribution in [3.8, 4) is 16.9 Å². The van der Waals surface area contributed by atoms with E-state index in [2.05, 4.69) is 9.97 Å². The number of aromatic nitrogens is 2. The Morgan fingerprint density at radius 3 is 2.44 bits per heavy atom. The molecular weight excluding hydrogens is 478 g/mol. The SMILES string of the molecule is COC(=O)Cc1ccc(OCc2cc3c(-c4ccc(S(=O)(=O)N5CCCC5)cc4)ccnc3[nH]2)cc1. The number of nitrogens with zero attached hydrogens (tertiary/aromatic N) is 2. The maximum absolute atomic E-state index is 12.8. The van der Waals surface area contributed by atoms with Gasteiger partial charge in [-0.2, -0.15) is 4.31 Å². The molecule has 0 unspecified atom stereocenters. The second-order valence-corrected chi connectivity index (χ2v) is 10.7. The predicted octanol–water partition coefficient (Wildman–Crippen LogP) is 4.31. The highest BCUT2D eigenvalue weighted by Gasteiger charge is 2.27. The van der Waals surface area contributed by atoms with Gasteiger partial charge in [0, 0.05) is 24.7 Å². The average Bonchev–Trinajstić information content (AvgIpc) is 3.59. The Bertz CT molecular complexity index is 1470. The maximum atomic E-state index is 12.8. The minimum Gasteiger partial charge on any atom is -0.487 e. The van der Waals surface area contributed by atoms with Gasteiger partial charge in [-0.3, -0.25) is 4.79 Å². The van der Waals surface area contributed by atoms with Gasteiger partial charge in [-0.25, -0.2) is 13.4 Å². The lowest BCUT2D eigenvalue weighted by atomic mass is 10.0. The first-order valence-electron chi connectivity index (χ1n) is 11.8. The smallest absolute Gasteiger partial charge is 0.309 e. The van der Waals surface area contributed by atoms with E-state index in [1.54, 1.807) is 22.6 Å². The van der Waals surface area contributed by atoms with Gasteiger partial charge in [-0.15, -0.1) is 0 Å². The fourth-order valence-corrected chi connectivity index (χ4v) is 5.92. The zero-order valence-corrected chi connectivity index (χ0v) is 20.8. The monoisotopic (exact) mass is 505 g/mol. The van der Waals surface area contributed by atoms with Crippen LogP contribution in [-0.4, -0.2) is 48.9 Å². The van der Waals surface area contributed by atoms with Gasteiger partial charge in [0.1, 0.15) is 18.0 Å². The van der Waals surface area contributed by atoms with Gasteiger partial charge >= 0.3 is 5.97 Å². The van der Waals surface area contributed by atoms with Crippen molar-refractivity contribution in [3.63, 3.8) is 0 Å². The molecule has 186 valence electrons. The summed E-state index contributed by atoms with van der Waals surface area (Å²) in [6, 6.07) is 18.3. The van der Waals surface area contributed by atoms with Crippen LogP contribution in [0.15, 0.2) is 71.8 Å². The summed E-state index contributed by atoms with van der Waals surface area (Å²) in [7, 11) is -2.07. The number of pyridine rings is 1. The third-order valence-electron chi connectivity index (χ3n) is 6.35. The van der Waals surface area contributed by atoms with Crippen molar-refractivity contribution in [2.75, 3.05) is 20.2 Å². The van der Waals surface area contributed by atoms with Crippen LogP contribution < -0.4 is 4.74 Å². The average molecular weight is 506 g/mol. The number of carbonyl (C=O) groups is 1. The number of benzene rings is 2. The van der Waals surface area contributed by atoms with E-state index in [9.17, 15) is 13.2 Å². The number of aromatic amines is 1. The Labute approximate surface area is 209 Å². The molecule has 1 aliphatic heterocycles. The number of esters is 1. The summed E-state index contributed by atoms with van der Waals surface area (Å²) in [5.41, 5.74) is 4.31. The molecule has 2 aromatic carbocycles. The molecule has 0 saturated carbocycles. The van der Waals surface area contributed by atoms with Crippen LogP contribution in [0.5, 0.6) is 5.75 Å². The van der Waals surface area contributed by atoms with Crippen LogP contribution in [0.4, 0.5) is 0 Å². The molecule has 0 spiro atoms. The highest BCUT2D eigenvalue weighted by Crippen LogP contribution is 2.30. The first-order chi connectivity index (χ1) is 17.4. The minimum atomic E-state index is -3.44. The maximum Gasteiger partial charge on any atom is 0.309 e. The van der Waals surface area contributed by atoms with E-state index in [1.807, 2.05) is 48.5 Å². The molecule has 0 radical (unpaired) electrons. The lowest BCUT2D eigenvalue weighted by Gasteiger charge is -2.15. The van der Waals surface area contributed by atoms with Gasteiger partial charge in [-0.1, -0.05) is 24.3 Å². The highest BCUT2D eigenvalue weighted by molar-refractivity contribution is 7.89. The van der Waals surface area contributed by atoms with Gasteiger partial charge in [0.05, 0.1) is 24.1 Å². The molecule has 0 bridgehead atoms. The predicted molar refractivity (Wildman–Crippen MR) is 136 cm³/mol. The van der Waals surface area contributed by atoms with E-state index in [0.717, 1.165) is 46.3 Å². The van der Waals surface area contributed by atoms with Crippen molar-refractivity contribution in [2.24, 2.45) is 0 Å². The standard InChI is InChI=1S/C27H27N3O5S/c1-34-26(31)16-19-4-8-22(9-5-19)35-18-21-17-25-24(12-13-28-27(25)29-21)20-6-10-23(11-7-20)36(32,33)30-14-2-3-15-30/h4-13,17H,2-3,14-16,18H2,1H3,(H,28,29). The summed E-state index contributed by atoms with van der Waals surface area (Å²) < 4.78 is 37.8. The molecule has 2 aromatic heterocycles. The highest BCUT2D eigenvalue weighted by atomic mass is 32.2. The summed E-state index contributed by atoms with van der Waals surface area (Å²) in [6.07, 6.45) is 3.77. The molecule has 3 heterocycles. The number of H-pyrrole nitrogens is 1. The van der Waals surface area contributed by atoms with Crippen LogP contribution in [0.2, 0.25) is 0 Å². The lowest BCUT2D eigenvalue weighted by Crippen LogP contribution is -2.27. The van der Waals surface area contributed by atoms with Crippen molar-refractivity contribution in [2.45, 2.75) is 30.8 Å². The zero-order chi connectivity index (χ0) is 25.1. The van der Waals surface area contributed by atoms with Crippen molar-refractivity contribution in [1.29, 1.82) is 0 Å². The van der Waals surface area contributed by atoms with Crippen molar-refractivity contribution < 1.29 is 22.7 Å². The number of rotatable bonds is 8. The molecule has 9 heteroatoms. The molecular formula is C27H27N3O5S. The molecule has 4 aromatic rings. The quantitative estimate of drug-likeness (QED) is 0.358. The minimum absolute atomic E-state index is 0.221. The molecule has 5 rings (SSSR count). The van der Waals surface area contributed by atoms with Crippen LogP contribution in [-0.2, 0) is 32.6 Å². The number of hydrogen-bond donors (Lipinski definition) is 1.